The Balaban J connectivity index is 2.26. The van der Waals surface area contributed by atoms with Crippen LogP contribution in [0.15, 0.2) is 18.2 Å². The minimum Gasteiger partial charge on any atom is -0.486 e. The fourth-order valence-electron chi connectivity index (χ4n) is 2.76. The minimum absolute atomic E-state index is 0.228. The van der Waals surface area contributed by atoms with Crippen molar-refractivity contribution < 1.29 is 9.47 Å². The monoisotopic (exact) mass is 278 g/mol. The van der Waals surface area contributed by atoms with Crippen LogP contribution in [0.25, 0.3) is 0 Å². The summed E-state index contributed by atoms with van der Waals surface area (Å²) in [4.78, 5) is 2.45. The van der Waals surface area contributed by atoms with Gasteiger partial charge in [0.25, 0.3) is 0 Å². The molecule has 2 N–H and O–H groups in total. The van der Waals surface area contributed by atoms with Crippen LogP contribution in [0.2, 0.25) is 0 Å². The first-order valence-electron chi connectivity index (χ1n) is 7.52. The van der Waals surface area contributed by atoms with E-state index in [-0.39, 0.29) is 6.04 Å². The van der Waals surface area contributed by atoms with E-state index in [1.807, 2.05) is 6.07 Å². The Labute approximate surface area is 121 Å². The van der Waals surface area contributed by atoms with E-state index in [1.165, 1.54) is 5.56 Å². The van der Waals surface area contributed by atoms with Crippen molar-refractivity contribution in [1.29, 1.82) is 0 Å². The molecule has 0 bridgehead atoms. The van der Waals surface area contributed by atoms with E-state index in [4.69, 9.17) is 15.2 Å². The molecular weight excluding hydrogens is 252 g/mol. The van der Waals surface area contributed by atoms with Gasteiger partial charge in [-0.25, -0.2) is 0 Å². The molecule has 0 saturated carbocycles. The summed E-state index contributed by atoms with van der Waals surface area (Å²) >= 11 is 0. The number of rotatable bonds is 6. The number of hydrogen-bond acceptors (Lipinski definition) is 4. The van der Waals surface area contributed by atoms with Crippen molar-refractivity contribution in [2.45, 2.75) is 39.3 Å². The Morgan fingerprint density at radius 1 is 1.20 bits per heavy atom. The molecule has 0 saturated heterocycles. The lowest BCUT2D eigenvalue weighted by Crippen LogP contribution is -2.39. The van der Waals surface area contributed by atoms with Crippen LogP contribution >= 0.6 is 0 Å². The van der Waals surface area contributed by atoms with E-state index >= 15 is 0 Å². The standard InChI is InChI=1S/C16H26N2O2/c1-4-7-18(12(2)3)14(11-17)13-5-6-15-16(10-13)20-9-8-19-15/h5-6,10,12,14H,4,7-9,11,17H2,1-3H3. The molecule has 20 heavy (non-hydrogen) atoms. The van der Waals surface area contributed by atoms with Gasteiger partial charge in [-0.05, 0) is 44.5 Å². The van der Waals surface area contributed by atoms with Gasteiger partial charge < -0.3 is 15.2 Å². The number of nitrogens with zero attached hydrogens (tertiary/aromatic N) is 1. The van der Waals surface area contributed by atoms with Crippen LogP contribution in [0, 0.1) is 0 Å². The molecule has 1 atom stereocenters. The van der Waals surface area contributed by atoms with Gasteiger partial charge in [-0.15, -0.1) is 0 Å². The zero-order valence-electron chi connectivity index (χ0n) is 12.8. The van der Waals surface area contributed by atoms with Crippen LogP contribution < -0.4 is 15.2 Å². The highest BCUT2D eigenvalue weighted by Gasteiger charge is 2.23. The van der Waals surface area contributed by atoms with E-state index in [1.54, 1.807) is 0 Å². The summed E-state index contributed by atoms with van der Waals surface area (Å²) in [5.41, 5.74) is 7.24. The first-order valence-corrected chi connectivity index (χ1v) is 7.52. The van der Waals surface area contributed by atoms with Gasteiger partial charge in [-0.3, -0.25) is 4.90 Å². The largest absolute Gasteiger partial charge is 0.486 e. The molecule has 0 fully saturated rings. The lowest BCUT2D eigenvalue weighted by molar-refractivity contribution is 0.154. The third-order valence-electron chi connectivity index (χ3n) is 3.72. The van der Waals surface area contributed by atoms with Gasteiger partial charge in [0.2, 0.25) is 0 Å². The highest BCUT2D eigenvalue weighted by molar-refractivity contribution is 5.44. The molecule has 0 aliphatic carbocycles. The predicted molar refractivity (Wildman–Crippen MR) is 81.4 cm³/mol. The van der Waals surface area contributed by atoms with Crippen molar-refractivity contribution in [3.05, 3.63) is 23.8 Å². The maximum Gasteiger partial charge on any atom is 0.161 e. The van der Waals surface area contributed by atoms with E-state index in [9.17, 15) is 0 Å². The second kappa shape index (κ2) is 6.95. The Bertz CT molecular complexity index is 434. The molecule has 0 amide bonds. The van der Waals surface area contributed by atoms with Gasteiger partial charge in [0.15, 0.2) is 11.5 Å². The van der Waals surface area contributed by atoms with E-state index < -0.39 is 0 Å². The number of hydrogen-bond donors (Lipinski definition) is 1. The fraction of sp³-hybridized carbons (Fsp3) is 0.625. The van der Waals surface area contributed by atoms with Crippen molar-refractivity contribution in [3.63, 3.8) is 0 Å². The van der Waals surface area contributed by atoms with Crippen molar-refractivity contribution >= 4 is 0 Å². The molecule has 1 heterocycles. The summed E-state index contributed by atoms with van der Waals surface area (Å²) < 4.78 is 11.3. The van der Waals surface area contributed by atoms with Crippen LogP contribution in [-0.2, 0) is 0 Å². The van der Waals surface area contributed by atoms with Gasteiger partial charge in [0, 0.05) is 18.6 Å². The van der Waals surface area contributed by atoms with Crippen LogP contribution in [-0.4, -0.2) is 37.2 Å². The second-order valence-corrected chi connectivity index (χ2v) is 5.49. The zero-order chi connectivity index (χ0) is 14.5. The average molecular weight is 278 g/mol. The van der Waals surface area contributed by atoms with Gasteiger partial charge >= 0.3 is 0 Å². The molecule has 4 heteroatoms. The van der Waals surface area contributed by atoms with Crippen molar-refractivity contribution in [2.75, 3.05) is 26.3 Å². The summed E-state index contributed by atoms with van der Waals surface area (Å²) in [5, 5.41) is 0. The summed E-state index contributed by atoms with van der Waals surface area (Å²) in [5.74, 6) is 1.68. The van der Waals surface area contributed by atoms with Gasteiger partial charge in [0.05, 0.1) is 0 Å². The maximum atomic E-state index is 6.04. The highest BCUT2D eigenvalue weighted by atomic mass is 16.6. The smallest absolute Gasteiger partial charge is 0.161 e. The lowest BCUT2D eigenvalue weighted by atomic mass is 10.0. The molecule has 4 nitrogen and oxygen atoms in total. The van der Waals surface area contributed by atoms with Crippen molar-refractivity contribution in [1.82, 2.24) is 4.90 Å². The van der Waals surface area contributed by atoms with Crippen LogP contribution in [0.1, 0.15) is 38.8 Å². The van der Waals surface area contributed by atoms with Crippen LogP contribution in [0.4, 0.5) is 0 Å². The summed E-state index contributed by atoms with van der Waals surface area (Å²) in [6, 6.07) is 6.88. The second-order valence-electron chi connectivity index (χ2n) is 5.49. The summed E-state index contributed by atoms with van der Waals surface area (Å²) in [6.07, 6.45) is 1.12. The quantitative estimate of drug-likeness (QED) is 0.869. The first-order chi connectivity index (χ1) is 9.67. The maximum absolute atomic E-state index is 6.04. The molecule has 112 valence electrons. The zero-order valence-corrected chi connectivity index (χ0v) is 12.8. The van der Waals surface area contributed by atoms with Gasteiger partial charge in [0.1, 0.15) is 13.2 Å². The minimum atomic E-state index is 0.228. The topological polar surface area (TPSA) is 47.7 Å². The lowest BCUT2D eigenvalue weighted by Gasteiger charge is -2.35. The van der Waals surface area contributed by atoms with Gasteiger partial charge in [-0.1, -0.05) is 13.0 Å². The molecule has 1 unspecified atom stereocenters. The molecule has 1 aliphatic heterocycles. The molecule has 0 radical (unpaired) electrons. The summed E-state index contributed by atoms with van der Waals surface area (Å²) in [7, 11) is 0. The fourth-order valence-corrected chi connectivity index (χ4v) is 2.76. The molecule has 1 aliphatic rings. The number of fused-ring (bicyclic) bond motifs is 1. The van der Waals surface area contributed by atoms with Crippen LogP contribution in [0.3, 0.4) is 0 Å². The number of ether oxygens (including phenoxy) is 2. The third-order valence-corrected chi connectivity index (χ3v) is 3.72. The molecular formula is C16H26N2O2. The average Bonchev–Trinajstić information content (AvgIpc) is 2.47. The first kappa shape index (κ1) is 15.1. The van der Waals surface area contributed by atoms with Crippen molar-refractivity contribution in [3.8, 4) is 11.5 Å². The highest BCUT2D eigenvalue weighted by Crippen LogP contribution is 2.34. The molecule has 0 aromatic heterocycles. The Kier molecular flexibility index (Phi) is 5.26. The van der Waals surface area contributed by atoms with Crippen LogP contribution in [0.5, 0.6) is 11.5 Å². The Hall–Kier alpha value is -1.26. The van der Waals surface area contributed by atoms with E-state index in [0.29, 0.717) is 25.8 Å². The Morgan fingerprint density at radius 2 is 1.90 bits per heavy atom. The predicted octanol–water partition coefficient (Wildman–Crippen LogP) is 2.58. The number of benzene rings is 1. The molecule has 2 rings (SSSR count). The van der Waals surface area contributed by atoms with Gasteiger partial charge in [-0.2, -0.15) is 0 Å². The van der Waals surface area contributed by atoms with Crippen molar-refractivity contribution in [2.24, 2.45) is 5.73 Å². The van der Waals surface area contributed by atoms with E-state index in [2.05, 4.69) is 37.8 Å². The molecule has 1 aromatic rings. The Morgan fingerprint density at radius 3 is 2.50 bits per heavy atom. The van der Waals surface area contributed by atoms with E-state index in [0.717, 1.165) is 24.5 Å². The SMILES string of the molecule is CCCN(C(C)C)C(CN)c1ccc2c(c1)OCCO2. The molecule has 0 spiro atoms. The summed E-state index contributed by atoms with van der Waals surface area (Å²) in [6.45, 7) is 9.54. The third kappa shape index (κ3) is 3.25. The normalized spacial score (nSPS) is 15.7. The number of nitrogens with two attached hydrogens (primary N) is 1. The molecule has 1 aromatic carbocycles.